The molecule has 0 saturated heterocycles. The van der Waals surface area contributed by atoms with Crippen molar-refractivity contribution in [3.63, 3.8) is 0 Å². The number of ketones is 1. The Bertz CT molecular complexity index is 918. The van der Waals surface area contributed by atoms with Crippen molar-refractivity contribution < 1.29 is 18.7 Å². The molecule has 2 aliphatic rings. The van der Waals surface area contributed by atoms with E-state index in [0.29, 0.717) is 41.3 Å². The Hall–Kier alpha value is -2.30. The maximum Gasteiger partial charge on any atom is 0.287 e. The summed E-state index contributed by atoms with van der Waals surface area (Å²) in [5.74, 6) is 1.32. The minimum atomic E-state index is -0.343. The number of ether oxygens (including phenoxy) is 1. The Labute approximate surface area is 165 Å². The summed E-state index contributed by atoms with van der Waals surface area (Å²) in [5, 5.41) is 3.65. The van der Waals surface area contributed by atoms with Gasteiger partial charge in [-0.3, -0.25) is 9.59 Å². The van der Waals surface area contributed by atoms with E-state index >= 15 is 0 Å². The van der Waals surface area contributed by atoms with E-state index in [1.54, 1.807) is 0 Å². The van der Waals surface area contributed by atoms with Gasteiger partial charge in [0.1, 0.15) is 16.9 Å². The first-order chi connectivity index (χ1) is 13.4. The standard InChI is InChI=1S/C23H29NO4/c1-14(2)9-12-24-22(26)21-15(3)19-17(27-21)7-8-18-20(19)16(25)13-23(28-18)10-5-4-6-11-23/h7-8,14H,4-6,9-13H2,1-3H3,(H,24,26). The predicted octanol–water partition coefficient (Wildman–Crippen LogP) is 5.19. The topological polar surface area (TPSA) is 68.5 Å². The van der Waals surface area contributed by atoms with Gasteiger partial charge < -0.3 is 14.5 Å². The Morgan fingerprint density at radius 1 is 1.21 bits per heavy atom. The minimum Gasteiger partial charge on any atom is -0.486 e. The molecule has 2 heterocycles. The third kappa shape index (κ3) is 3.31. The van der Waals surface area contributed by atoms with Crippen molar-refractivity contribution >= 4 is 22.7 Å². The van der Waals surface area contributed by atoms with Gasteiger partial charge in [-0.1, -0.05) is 20.3 Å². The molecule has 2 aromatic rings. The summed E-state index contributed by atoms with van der Waals surface area (Å²) in [6.45, 7) is 6.70. The van der Waals surface area contributed by atoms with E-state index in [-0.39, 0.29) is 23.1 Å². The molecule has 1 aromatic carbocycles. The molecule has 0 atom stereocenters. The number of aryl methyl sites for hydroxylation is 1. The molecular weight excluding hydrogens is 354 g/mol. The van der Waals surface area contributed by atoms with Crippen LogP contribution in [-0.2, 0) is 0 Å². The predicted molar refractivity (Wildman–Crippen MR) is 108 cm³/mol. The lowest BCUT2D eigenvalue weighted by Crippen LogP contribution is -2.43. The van der Waals surface area contributed by atoms with Crippen LogP contribution in [0.3, 0.4) is 0 Å². The summed E-state index contributed by atoms with van der Waals surface area (Å²) >= 11 is 0. The Morgan fingerprint density at radius 3 is 2.68 bits per heavy atom. The molecule has 0 bridgehead atoms. The molecule has 1 aliphatic heterocycles. The fourth-order valence-electron chi connectivity index (χ4n) is 4.58. The zero-order chi connectivity index (χ0) is 19.9. The fraction of sp³-hybridized carbons (Fsp3) is 0.565. The average Bonchev–Trinajstić information content (AvgIpc) is 2.98. The number of hydrogen-bond acceptors (Lipinski definition) is 4. The molecule has 4 rings (SSSR count). The van der Waals surface area contributed by atoms with Gasteiger partial charge in [-0.05, 0) is 57.1 Å². The van der Waals surface area contributed by atoms with E-state index in [4.69, 9.17) is 9.15 Å². The number of furan rings is 1. The van der Waals surface area contributed by atoms with Crippen LogP contribution in [0.1, 0.15) is 85.3 Å². The molecule has 5 nitrogen and oxygen atoms in total. The summed E-state index contributed by atoms with van der Waals surface area (Å²) < 4.78 is 12.2. The highest BCUT2D eigenvalue weighted by atomic mass is 16.5. The van der Waals surface area contributed by atoms with Gasteiger partial charge in [0.25, 0.3) is 5.91 Å². The van der Waals surface area contributed by atoms with E-state index in [9.17, 15) is 9.59 Å². The van der Waals surface area contributed by atoms with Gasteiger partial charge in [0.2, 0.25) is 0 Å². The van der Waals surface area contributed by atoms with Gasteiger partial charge in [0, 0.05) is 17.5 Å². The lowest BCUT2D eigenvalue weighted by Gasteiger charge is -2.40. The zero-order valence-corrected chi connectivity index (χ0v) is 17.0. The summed E-state index contributed by atoms with van der Waals surface area (Å²) in [6.07, 6.45) is 6.62. The molecule has 0 radical (unpaired) electrons. The first kappa shape index (κ1) is 19.0. The normalized spacial score (nSPS) is 18.4. The maximum absolute atomic E-state index is 13.1. The highest BCUT2D eigenvalue weighted by Gasteiger charge is 2.42. The Balaban J connectivity index is 1.68. The number of rotatable bonds is 4. The summed E-state index contributed by atoms with van der Waals surface area (Å²) in [4.78, 5) is 25.7. The van der Waals surface area contributed by atoms with Gasteiger partial charge in [-0.15, -0.1) is 0 Å². The second-order valence-electron chi connectivity index (χ2n) is 8.75. The Kier molecular flexibility index (Phi) is 4.94. The number of carbonyl (C=O) groups excluding carboxylic acids is 2. The molecule has 1 N–H and O–H groups in total. The molecule has 28 heavy (non-hydrogen) atoms. The van der Waals surface area contributed by atoms with E-state index in [0.717, 1.165) is 37.5 Å². The maximum atomic E-state index is 13.1. The SMILES string of the molecule is Cc1c(C(=O)NCCC(C)C)oc2ccc3c(c12)C(=O)CC1(CCCCC1)O3. The van der Waals surface area contributed by atoms with Crippen molar-refractivity contribution in [2.75, 3.05) is 6.54 Å². The molecule has 0 unspecified atom stereocenters. The quantitative estimate of drug-likeness (QED) is 0.789. The van der Waals surface area contributed by atoms with Crippen LogP contribution in [0.4, 0.5) is 0 Å². The van der Waals surface area contributed by atoms with Crippen molar-refractivity contribution in [1.29, 1.82) is 0 Å². The molecular formula is C23H29NO4. The zero-order valence-electron chi connectivity index (χ0n) is 17.0. The minimum absolute atomic E-state index is 0.101. The lowest BCUT2D eigenvalue weighted by molar-refractivity contribution is 0.0139. The van der Waals surface area contributed by atoms with Crippen LogP contribution in [0.15, 0.2) is 16.5 Å². The number of benzene rings is 1. The largest absolute Gasteiger partial charge is 0.486 e. The highest BCUT2D eigenvalue weighted by molar-refractivity contribution is 6.13. The van der Waals surface area contributed by atoms with Crippen molar-refractivity contribution in [2.24, 2.45) is 5.92 Å². The average molecular weight is 383 g/mol. The number of nitrogens with one attached hydrogen (secondary N) is 1. The molecule has 5 heteroatoms. The van der Waals surface area contributed by atoms with Gasteiger partial charge in [-0.2, -0.15) is 0 Å². The third-order valence-electron chi connectivity index (χ3n) is 6.12. The monoisotopic (exact) mass is 383 g/mol. The lowest BCUT2D eigenvalue weighted by atomic mass is 9.78. The molecule has 1 amide bonds. The van der Waals surface area contributed by atoms with Crippen LogP contribution >= 0.6 is 0 Å². The second-order valence-corrected chi connectivity index (χ2v) is 8.75. The molecule has 150 valence electrons. The molecule has 1 aromatic heterocycles. The van der Waals surface area contributed by atoms with E-state index in [1.165, 1.54) is 6.42 Å². The third-order valence-corrected chi connectivity index (χ3v) is 6.12. The number of fused-ring (bicyclic) bond motifs is 3. The van der Waals surface area contributed by atoms with E-state index in [1.807, 2.05) is 19.1 Å². The first-order valence-corrected chi connectivity index (χ1v) is 10.5. The van der Waals surface area contributed by atoms with Crippen molar-refractivity contribution in [1.82, 2.24) is 5.32 Å². The fourth-order valence-corrected chi connectivity index (χ4v) is 4.58. The van der Waals surface area contributed by atoms with Crippen LogP contribution in [0.2, 0.25) is 0 Å². The van der Waals surface area contributed by atoms with Crippen molar-refractivity contribution in [3.8, 4) is 5.75 Å². The van der Waals surface area contributed by atoms with Gasteiger partial charge >= 0.3 is 0 Å². The molecule has 1 aliphatic carbocycles. The van der Waals surface area contributed by atoms with Crippen LogP contribution in [0.25, 0.3) is 11.0 Å². The van der Waals surface area contributed by atoms with Crippen LogP contribution in [0.5, 0.6) is 5.75 Å². The number of carbonyl (C=O) groups is 2. The first-order valence-electron chi connectivity index (χ1n) is 10.5. The molecule has 1 spiro atoms. The summed E-state index contributed by atoms with van der Waals surface area (Å²) in [7, 11) is 0. The van der Waals surface area contributed by atoms with Crippen molar-refractivity contribution in [2.45, 2.75) is 71.3 Å². The summed E-state index contributed by atoms with van der Waals surface area (Å²) in [6, 6.07) is 3.65. The molecule has 1 saturated carbocycles. The van der Waals surface area contributed by atoms with Crippen LogP contribution < -0.4 is 10.1 Å². The van der Waals surface area contributed by atoms with Crippen LogP contribution in [-0.4, -0.2) is 23.8 Å². The van der Waals surface area contributed by atoms with E-state index in [2.05, 4.69) is 19.2 Å². The smallest absolute Gasteiger partial charge is 0.287 e. The second kappa shape index (κ2) is 7.26. The van der Waals surface area contributed by atoms with E-state index < -0.39 is 0 Å². The molecule has 1 fully saturated rings. The van der Waals surface area contributed by atoms with Gasteiger partial charge in [-0.25, -0.2) is 0 Å². The summed E-state index contributed by atoms with van der Waals surface area (Å²) in [5.41, 5.74) is 1.52. The van der Waals surface area contributed by atoms with Crippen LogP contribution in [0, 0.1) is 12.8 Å². The highest BCUT2D eigenvalue weighted by Crippen LogP contribution is 2.45. The number of hydrogen-bond donors (Lipinski definition) is 1. The number of amides is 1. The van der Waals surface area contributed by atoms with Gasteiger partial charge in [0.15, 0.2) is 11.5 Å². The Morgan fingerprint density at radius 2 is 1.96 bits per heavy atom. The van der Waals surface area contributed by atoms with Crippen molar-refractivity contribution in [3.05, 3.63) is 29.0 Å². The van der Waals surface area contributed by atoms with Gasteiger partial charge in [0.05, 0.1) is 12.0 Å². The number of Topliss-reactive ketones (excluding diaryl/α,β-unsaturated/α-hetero) is 1.